The van der Waals surface area contributed by atoms with Crippen molar-refractivity contribution < 1.29 is 5.21 Å². The van der Waals surface area contributed by atoms with Crippen LogP contribution in [0, 0.1) is 13.8 Å². The maximum atomic E-state index is 8.88. The first kappa shape index (κ1) is 14.1. The van der Waals surface area contributed by atoms with Crippen molar-refractivity contribution in [3.05, 3.63) is 33.9 Å². The number of rotatable bonds is 2. The highest BCUT2D eigenvalue weighted by atomic mass is 16.4. The van der Waals surface area contributed by atoms with E-state index < -0.39 is 0 Å². The van der Waals surface area contributed by atoms with Gasteiger partial charge in [-0.15, -0.1) is 0 Å². The Morgan fingerprint density at radius 2 is 1.95 bits per heavy atom. The normalized spacial score (nSPS) is 24.9. The van der Waals surface area contributed by atoms with Crippen molar-refractivity contribution in [2.75, 3.05) is 0 Å². The van der Waals surface area contributed by atoms with Crippen molar-refractivity contribution in [3.63, 3.8) is 0 Å². The smallest absolute Gasteiger partial charge is 0.0739 e. The van der Waals surface area contributed by atoms with Crippen LogP contribution in [-0.4, -0.2) is 11.4 Å². The summed E-state index contributed by atoms with van der Waals surface area (Å²) in [6.45, 7) is 13.6. The van der Waals surface area contributed by atoms with E-state index in [-0.39, 0.29) is 10.8 Å². The molecule has 1 aromatic carbocycles. The molecule has 1 unspecified atom stereocenters. The number of hydrogen-bond donors (Lipinski definition) is 1. The molecule has 0 radical (unpaired) electrons. The third kappa shape index (κ3) is 1.98. The van der Waals surface area contributed by atoms with Gasteiger partial charge in [0, 0.05) is 5.56 Å². The molecule has 0 saturated carbocycles. The molecular weight excluding hydrogens is 234 g/mol. The van der Waals surface area contributed by atoms with Gasteiger partial charge in [-0.25, -0.2) is 0 Å². The average molecular weight is 259 g/mol. The van der Waals surface area contributed by atoms with Crippen LogP contribution < -0.4 is 0 Å². The van der Waals surface area contributed by atoms with Crippen LogP contribution in [0.4, 0.5) is 0 Å². The summed E-state index contributed by atoms with van der Waals surface area (Å²) in [5.74, 6) is 0. The van der Waals surface area contributed by atoms with E-state index in [1.54, 1.807) is 6.21 Å². The van der Waals surface area contributed by atoms with Gasteiger partial charge in [0.1, 0.15) is 0 Å². The van der Waals surface area contributed by atoms with Gasteiger partial charge in [0.2, 0.25) is 0 Å². The van der Waals surface area contributed by atoms with Crippen LogP contribution in [0.25, 0.3) is 0 Å². The minimum Gasteiger partial charge on any atom is -0.411 e. The summed E-state index contributed by atoms with van der Waals surface area (Å²) in [5, 5.41) is 12.1. The van der Waals surface area contributed by atoms with Gasteiger partial charge in [-0.05, 0) is 59.8 Å². The molecule has 0 fully saturated rings. The molecule has 2 rings (SSSR count). The van der Waals surface area contributed by atoms with Crippen molar-refractivity contribution in [2.24, 2.45) is 5.16 Å². The number of fused-ring (bicyclic) bond motifs is 1. The van der Waals surface area contributed by atoms with Crippen LogP contribution in [0.3, 0.4) is 0 Å². The number of aryl methyl sites for hydroxylation is 1. The Morgan fingerprint density at radius 1 is 1.32 bits per heavy atom. The molecule has 0 amide bonds. The quantitative estimate of drug-likeness (QED) is 0.474. The molecule has 0 saturated heterocycles. The van der Waals surface area contributed by atoms with Gasteiger partial charge in [0.15, 0.2) is 0 Å². The number of nitrogens with zero attached hydrogens (tertiary/aromatic N) is 1. The van der Waals surface area contributed by atoms with E-state index in [2.05, 4.69) is 52.8 Å². The van der Waals surface area contributed by atoms with Crippen molar-refractivity contribution in [3.8, 4) is 0 Å². The monoisotopic (exact) mass is 259 g/mol. The highest BCUT2D eigenvalue weighted by molar-refractivity contribution is 5.85. The van der Waals surface area contributed by atoms with Gasteiger partial charge in [0.05, 0.1) is 6.21 Å². The van der Waals surface area contributed by atoms with E-state index in [9.17, 15) is 0 Å². The molecule has 1 atom stereocenters. The number of benzene rings is 1. The van der Waals surface area contributed by atoms with E-state index in [0.29, 0.717) is 0 Å². The summed E-state index contributed by atoms with van der Waals surface area (Å²) in [5.41, 5.74) is 6.95. The first-order valence-corrected chi connectivity index (χ1v) is 7.09. The maximum absolute atomic E-state index is 8.88. The molecule has 0 bridgehead atoms. The van der Waals surface area contributed by atoms with E-state index >= 15 is 0 Å². The summed E-state index contributed by atoms with van der Waals surface area (Å²) in [6.07, 6.45) is 3.90. The third-order valence-electron chi connectivity index (χ3n) is 4.97. The molecule has 104 valence electrons. The van der Waals surface area contributed by atoms with E-state index in [1.165, 1.54) is 28.7 Å². The molecule has 1 aliphatic rings. The van der Waals surface area contributed by atoms with Crippen molar-refractivity contribution >= 4 is 6.21 Å². The van der Waals surface area contributed by atoms with E-state index in [4.69, 9.17) is 5.21 Å². The lowest BCUT2D eigenvalue weighted by atomic mass is 9.77. The molecule has 1 aromatic rings. The summed E-state index contributed by atoms with van der Waals surface area (Å²) in [6, 6.07) is 2.29. The fourth-order valence-corrected chi connectivity index (χ4v) is 4.03. The summed E-state index contributed by atoms with van der Waals surface area (Å²) >= 11 is 0. The molecule has 2 nitrogen and oxygen atoms in total. The molecule has 1 N–H and O–H groups in total. The second kappa shape index (κ2) is 4.36. The Labute approximate surface area is 116 Å². The highest BCUT2D eigenvalue weighted by Crippen LogP contribution is 2.53. The van der Waals surface area contributed by atoms with Gasteiger partial charge >= 0.3 is 0 Å². The van der Waals surface area contributed by atoms with Gasteiger partial charge in [-0.1, -0.05) is 38.9 Å². The highest BCUT2D eigenvalue weighted by Gasteiger charge is 2.45. The fraction of sp³-hybridized carbons (Fsp3) is 0.588. The summed E-state index contributed by atoms with van der Waals surface area (Å²) in [7, 11) is 0. The van der Waals surface area contributed by atoms with Gasteiger partial charge in [0.25, 0.3) is 0 Å². The van der Waals surface area contributed by atoms with Gasteiger partial charge in [-0.2, -0.15) is 0 Å². The average Bonchev–Trinajstić information content (AvgIpc) is 2.52. The van der Waals surface area contributed by atoms with Crippen molar-refractivity contribution in [1.82, 2.24) is 0 Å². The molecule has 2 heteroatoms. The van der Waals surface area contributed by atoms with Crippen molar-refractivity contribution in [1.29, 1.82) is 0 Å². The van der Waals surface area contributed by atoms with Gasteiger partial charge in [-0.3, -0.25) is 0 Å². The largest absolute Gasteiger partial charge is 0.411 e. The topological polar surface area (TPSA) is 32.6 Å². The minimum absolute atomic E-state index is 0.227. The van der Waals surface area contributed by atoms with Crippen molar-refractivity contribution in [2.45, 2.75) is 65.2 Å². The lowest BCUT2D eigenvalue weighted by Gasteiger charge is -2.27. The zero-order valence-electron chi connectivity index (χ0n) is 13.0. The van der Waals surface area contributed by atoms with Crippen LogP contribution >= 0.6 is 0 Å². The molecular formula is C17H25NO. The molecule has 19 heavy (non-hydrogen) atoms. The Morgan fingerprint density at radius 3 is 2.47 bits per heavy atom. The predicted octanol–water partition coefficient (Wildman–Crippen LogP) is 4.46. The molecule has 1 aliphatic carbocycles. The number of oxime groups is 1. The third-order valence-corrected chi connectivity index (χ3v) is 4.97. The first-order valence-electron chi connectivity index (χ1n) is 7.09. The van der Waals surface area contributed by atoms with Crippen LogP contribution in [-0.2, 0) is 10.8 Å². The van der Waals surface area contributed by atoms with Crippen LogP contribution in [0.2, 0.25) is 0 Å². The maximum Gasteiger partial charge on any atom is 0.0739 e. The number of hydrogen-bond acceptors (Lipinski definition) is 2. The molecule has 0 spiro atoms. The van der Waals surface area contributed by atoms with Crippen LogP contribution in [0.15, 0.2) is 11.2 Å². The second-order valence-electron chi connectivity index (χ2n) is 6.87. The Hall–Kier alpha value is -1.31. The Balaban J connectivity index is 2.80. The molecule has 0 aromatic heterocycles. The standard InChI is InChI=1S/C17H25NO/c1-7-17(6)10-16(4,5)14-8-11(2)13(9-18-19)12(3)15(14)17/h8-9,19H,7,10H2,1-6H3. The fourth-order valence-electron chi connectivity index (χ4n) is 4.03. The minimum atomic E-state index is 0.227. The van der Waals surface area contributed by atoms with E-state index in [0.717, 1.165) is 12.0 Å². The zero-order chi connectivity index (χ0) is 14.4. The lowest BCUT2D eigenvalue weighted by molar-refractivity contribution is 0.321. The summed E-state index contributed by atoms with van der Waals surface area (Å²) in [4.78, 5) is 0. The molecule has 0 aliphatic heterocycles. The second-order valence-corrected chi connectivity index (χ2v) is 6.87. The SMILES string of the molecule is CCC1(C)CC(C)(C)c2cc(C)c(C=NO)c(C)c21. The Kier molecular flexibility index (Phi) is 3.24. The lowest BCUT2D eigenvalue weighted by Crippen LogP contribution is -2.21. The first-order chi connectivity index (χ1) is 8.77. The molecule has 0 heterocycles. The van der Waals surface area contributed by atoms with Gasteiger partial charge < -0.3 is 5.21 Å². The van der Waals surface area contributed by atoms with Crippen LogP contribution in [0.1, 0.15) is 68.4 Å². The van der Waals surface area contributed by atoms with Crippen LogP contribution in [0.5, 0.6) is 0 Å². The Bertz CT molecular complexity index is 543. The summed E-state index contributed by atoms with van der Waals surface area (Å²) < 4.78 is 0. The van der Waals surface area contributed by atoms with E-state index in [1.807, 2.05) is 0 Å². The zero-order valence-corrected chi connectivity index (χ0v) is 13.0. The predicted molar refractivity (Wildman–Crippen MR) is 80.6 cm³/mol.